The second-order valence-electron chi connectivity index (χ2n) is 8.84. The molecule has 1 unspecified atom stereocenters. The number of amides is 3. The van der Waals surface area contributed by atoms with E-state index in [2.05, 4.69) is 20.6 Å². The zero-order chi connectivity index (χ0) is 27.4. The van der Waals surface area contributed by atoms with Gasteiger partial charge in [0.05, 0.1) is 11.4 Å². The van der Waals surface area contributed by atoms with Gasteiger partial charge < -0.3 is 10.6 Å². The van der Waals surface area contributed by atoms with E-state index in [1.54, 1.807) is 18.2 Å². The number of hydrogen-bond donors (Lipinski definition) is 2. The minimum absolute atomic E-state index is 0.0358. The fourth-order valence-corrected chi connectivity index (χ4v) is 4.91. The van der Waals surface area contributed by atoms with E-state index in [9.17, 15) is 23.2 Å². The molecule has 39 heavy (non-hydrogen) atoms. The monoisotopic (exact) mass is 547 g/mol. The van der Waals surface area contributed by atoms with E-state index in [1.165, 1.54) is 41.3 Å². The summed E-state index contributed by atoms with van der Waals surface area (Å²) >= 11 is 1.09. The van der Waals surface area contributed by atoms with Crippen molar-refractivity contribution >= 4 is 51.9 Å². The van der Waals surface area contributed by atoms with Crippen LogP contribution < -0.4 is 10.6 Å². The van der Waals surface area contributed by atoms with Crippen molar-refractivity contribution in [3.05, 3.63) is 95.6 Å². The Kier molecular flexibility index (Phi) is 7.78. The van der Waals surface area contributed by atoms with Gasteiger partial charge in [-0.05, 0) is 60.5 Å². The molecule has 3 amide bonds. The third-order valence-corrected chi connectivity index (χ3v) is 6.99. The summed E-state index contributed by atoms with van der Waals surface area (Å²) in [7, 11) is 0. The molecular weight excluding hydrogens is 524 g/mol. The number of carbonyl (C=O) groups excluding carboxylic acids is 3. The van der Waals surface area contributed by atoms with Crippen molar-refractivity contribution in [1.29, 1.82) is 0 Å². The lowest BCUT2D eigenvalue weighted by molar-refractivity contribution is -0.125. The first-order valence-corrected chi connectivity index (χ1v) is 13.1. The third kappa shape index (κ3) is 6.20. The van der Waals surface area contributed by atoms with Crippen molar-refractivity contribution in [2.45, 2.75) is 25.4 Å². The molecule has 198 valence electrons. The van der Waals surface area contributed by atoms with Gasteiger partial charge in [0.15, 0.2) is 5.17 Å². The third-order valence-electron chi connectivity index (χ3n) is 6.06. The summed E-state index contributed by atoms with van der Waals surface area (Å²) in [5, 5.41) is 5.78. The summed E-state index contributed by atoms with van der Waals surface area (Å²) < 4.78 is 26.2. The van der Waals surface area contributed by atoms with E-state index in [0.29, 0.717) is 27.9 Å². The number of halogens is 2. The van der Waals surface area contributed by atoms with Crippen molar-refractivity contribution in [2.24, 2.45) is 9.98 Å². The minimum Gasteiger partial charge on any atom is -0.352 e. The van der Waals surface area contributed by atoms with Crippen LogP contribution in [0.25, 0.3) is 0 Å². The molecule has 3 aromatic rings. The zero-order valence-electron chi connectivity index (χ0n) is 20.6. The quantitative estimate of drug-likeness (QED) is 0.437. The number of rotatable bonds is 8. The Morgan fingerprint density at radius 3 is 2.36 bits per heavy atom. The molecule has 0 saturated heterocycles. The van der Waals surface area contributed by atoms with Crippen molar-refractivity contribution in [3.8, 4) is 0 Å². The zero-order valence-corrected chi connectivity index (χ0v) is 21.4. The molecule has 0 aromatic heterocycles. The Bertz CT molecular complexity index is 1480. The molecule has 0 spiro atoms. The number of nitrogens with one attached hydrogen (secondary N) is 2. The molecule has 5 rings (SSSR count). The van der Waals surface area contributed by atoms with E-state index in [4.69, 9.17) is 0 Å². The molecule has 2 aliphatic rings. The number of nitrogens with zero attached hydrogens (tertiary/aromatic N) is 3. The first-order chi connectivity index (χ1) is 18.9. The SMILES string of the molecule is O=C(CCC1N=C2c3ccccc3N=C(SCC(=O)Nc3ccc(F)cc3)N2C1=O)NCc1ccc(F)cc1. The lowest BCUT2D eigenvalue weighted by Gasteiger charge is -2.25. The highest BCUT2D eigenvalue weighted by Crippen LogP contribution is 2.34. The van der Waals surface area contributed by atoms with Gasteiger partial charge in [-0.1, -0.05) is 36.0 Å². The van der Waals surface area contributed by atoms with Crippen LogP contribution in [-0.4, -0.2) is 45.4 Å². The van der Waals surface area contributed by atoms with Crippen molar-refractivity contribution in [2.75, 3.05) is 11.1 Å². The standard InChI is InChI=1S/C28H23F2N5O3S/c29-18-7-5-17(6-8-18)15-31-24(36)14-13-23-27(38)35-26(33-23)21-3-1-2-4-22(21)34-28(35)39-16-25(37)32-20-11-9-19(30)10-12-20/h1-12,23H,13-16H2,(H,31,36)(H,32,37). The number of fused-ring (bicyclic) bond motifs is 3. The molecule has 8 nitrogen and oxygen atoms in total. The second kappa shape index (κ2) is 11.6. The van der Waals surface area contributed by atoms with Crippen LogP contribution in [0, 0.1) is 11.6 Å². The number of anilines is 1. The van der Waals surface area contributed by atoms with Crippen LogP contribution in [-0.2, 0) is 20.9 Å². The number of aliphatic imine (C=N–C) groups is 2. The molecule has 0 saturated carbocycles. The van der Waals surface area contributed by atoms with Gasteiger partial charge in [0, 0.05) is 24.2 Å². The van der Waals surface area contributed by atoms with Crippen LogP contribution in [0.15, 0.2) is 82.8 Å². The number of thioether (sulfide) groups is 1. The highest BCUT2D eigenvalue weighted by molar-refractivity contribution is 8.14. The van der Waals surface area contributed by atoms with Gasteiger partial charge in [0.1, 0.15) is 23.5 Å². The molecule has 1 atom stereocenters. The lowest BCUT2D eigenvalue weighted by atomic mass is 10.1. The number of benzene rings is 3. The van der Waals surface area contributed by atoms with Gasteiger partial charge >= 0.3 is 0 Å². The van der Waals surface area contributed by atoms with Gasteiger partial charge in [-0.15, -0.1) is 0 Å². The maximum atomic E-state index is 13.4. The molecule has 2 N–H and O–H groups in total. The summed E-state index contributed by atoms with van der Waals surface area (Å²) in [5.74, 6) is -1.27. The van der Waals surface area contributed by atoms with Gasteiger partial charge in [-0.25, -0.2) is 18.7 Å². The van der Waals surface area contributed by atoms with Crippen LogP contribution in [0.5, 0.6) is 0 Å². The predicted molar refractivity (Wildman–Crippen MR) is 146 cm³/mol. The summed E-state index contributed by atoms with van der Waals surface area (Å²) in [6.07, 6.45) is 0.267. The average molecular weight is 548 g/mol. The first kappa shape index (κ1) is 26.2. The minimum atomic E-state index is -0.776. The van der Waals surface area contributed by atoms with Gasteiger partial charge in [0.25, 0.3) is 5.91 Å². The molecule has 0 bridgehead atoms. The highest BCUT2D eigenvalue weighted by atomic mass is 32.2. The average Bonchev–Trinajstić information content (AvgIpc) is 3.28. The maximum Gasteiger partial charge on any atom is 0.259 e. The Labute approximate surface area is 227 Å². The van der Waals surface area contributed by atoms with E-state index < -0.39 is 11.9 Å². The number of para-hydroxylation sites is 1. The number of amidine groups is 2. The van der Waals surface area contributed by atoms with Crippen LogP contribution in [0.1, 0.15) is 24.0 Å². The van der Waals surface area contributed by atoms with Crippen LogP contribution in [0.3, 0.4) is 0 Å². The topological polar surface area (TPSA) is 103 Å². The summed E-state index contributed by atoms with van der Waals surface area (Å²) in [6.45, 7) is 0.249. The lowest BCUT2D eigenvalue weighted by Crippen LogP contribution is -2.41. The predicted octanol–water partition coefficient (Wildman–Crippen LogP) is 4.39. The van der Waals surface area contributed by atoms with E-state index in [0.717, 1.165) is 17.3 Å². The second-order valence-corrected chi connectivity index (χ2v) is 9.78. The highest BCUT2D eigenvalue weighted by Gasteiger charge is 2.41. The van der Waals surface area contributed by atoms with Crippen LogP contribution in [0.2, 0.25) is 0 Å². The number of hydrogen-bond acceptors (Lipinski definition) is 6. The normalized spacial score (nSPS) is 15.7. The Hall–Kier alpha value is -4.38. The van der Waals surface area contributed by atoms with Crippen LogP contribution >= 0.6 is 11.8 Å². The van der Waals surface area contributed by atoms with E-state index in [1.807, 2.05) is 18.2 Å². The van der Waals surface area contributed by atoms with Crippen molar-refractivity contribution < 1.29 is 23.2 Å². The summed E-state index contributed by atoms with van der Waals surface area (Å²) in [6, 6.07) is 17.7. The van der Waals surface area contributed by atoms with E-state index in [-0.39, 0.29) is 48.7 Å². The van der Waals surface area contributed by atoms with Gasteiger partial charge in [0.2, 0.25) is 11.8 Å². The van der Waals surface area contributed by atoms with Crippen molar-refractivity contribution in [3.63, 3.8) is 0 Å². The van der Waals surface area contributed by atoms with Gasteiger partial charge in [-0.3, -0.25) is 19.4 Å². The molecule has 0 fully saturated rings. The van der Waals surface area contributed by atoms with E-state index >= 15 is 0 Å². The maximum absolute atomic E-state index is 13.4. The fourth-order valence-electron chi connectivity index (χ4n) is 4.11. The van der Waals surface area contributed by atoms with Gasteiger partial charge in [-0.2, -0.15) is 0 Å². The molecule has 0 aliphatic carbocycles. The molecule has 2 aliphatic heterocycles. The first-order valence-electron chi connectivity index (χ1n) is 12.2. The number of carbonyl (C=O) groups is 3. The summed E-state index contributed by atoms with van der Waals surface area (Å²) in [4.78, 5) is 48.9. The Morgan fingerprint density at radius 2 is 1.62 bits per heavy atom. The molecular formula is C28H23F2N5O3S. The molecule has 0 radical (unpaired) electrons. The Balaban J connectivity index is 1.23. The molecule has 3 aromatic carbocycles. The smallest absolute Gasteiger partial charge is 0.259 e. The van der Waals surface area contributed by atoms with Crippen LogP contribution in [0.4, 0.5) is 20.2 Å². The fraction of sp³-hybridized carbons (Fsp3) is 0.179. The van der Waals surface area contributed by atoms with Crippen molar-refractivity contribution in [1.82, 2.24) is 10.2 Å². The molecule has 2 heterocycles. The largest absolute Gasteiger partial charge is 0.352 e. The Morgan fingerprint density at radius 1 is 0.923 bits per heavy atom. The summed E-state index contributed by atoms with van der Waals surface area (Å²) in [5.41, 5.74) is 2.53. The molecule has 11 heteroatoms.